The second-order valence-electron chi connectivity index (χ2n) is 4.51. The van der Waals surface area contributed by atoms with Gasteiger partial charge in [-0.25, -0.2) is 13.2 Å². The Morgan fingerprint density at radius 2 is 1.71 bits per heavy atom. The van der Waals surface area contributed by atoms with Crippen LogP contribution in [0.4, 0.5) is 5.69 Å². The highest BCUT2D eigenvalue weighted by atomic mass is 32.2. The van der Waals surface area contributed by atoms with Crippen molar-refractivity contribution < 1.29 is 32.6 Å². The summed E-state index contributed by atoms with van der Waals surface area (Å²) in [7, 11) is -1.15. The van der Waals surface area contributed by atoms with Gasteiger partial charge in [0.25, 0.3) is 0 Å². The number of aliphatic hydroxyl groups excluding tert-OH is 1. The maximum Gasteiger partial charge on any atom is 0.362 e. The molecule has 1 aromatic carbocycles. The first kappa shape index (κ1) is 19.3. The van der Waals surface area contributed by atoms with E-state index in [1.54, 1.807) is 0 Å². The lowest BCUT2D eigenvalue weighted by molar-refractivity contribution is -0.140. The van der Waals surface area contributed by atoms with E-state index in [2.05, 4.69) is 19.7 Å². The molecule has 9 nitrogen and oxygen atoms in total. The highest BCUT2D eigenvalue weighted by Gasteiger charge is 2.18. The summed E-state index contributed by atoms with van der Waals surface area (Å²) in [5, 5.41) is 17.1. The van der Waals surface area contributed by atoms with Gasteiger partial charge in [-0.2, -0.15) is 5.11 Å². The third-order valence-corrected chi connectivity index (χ3v) is 3.85. The minimum absolute atomic E-state index is 0.0960. The molecule has 10 heteroatoms. The predicted octanol–water partition coefficient (Wildman–Crippen LogP) is 1.68. The van der Waals surface area contributed by atoms with Crippen molar-refractivity contribution in [3.05, 3.63) is 35.7 Å². The number of ether oxygens (including phenoxy) is 2. The predicted molar refractivity (Wildman–Crippen MR) is 82.4 cm³/mol. The van der Waals surface area contributed by atoms with Crippen LogP contribution in [0.2, 0.25) is 0 Å². The molecule has 0 aliphatic carbocycles. The standard InChI is InChI=1S/C14H16N2O7S/c1-22-12(18)8-11(17)13(14(19)23-2)16-15-9-4-6-10(7-5-9)24(3,20)21/h4-7,17H,8H2,1-3H3. The lowest BCUT2D eigenvalue weighted by Gasteiger charge is -2.03. The summed E-state index contributed by atoms with van der Waals surface area (Å²) in [6, 6.07) is 5.37. The third kappa shape index (κ3) is 5.47. The fraction of sp³-hybridized carbons (Fsp3) is 0.286. The molecule has 0 amide bonds. The Hall–Kier alpha value is -2.75. The highest BCUT2D eigenvalue weighted by Crippen LogP contribution is 2.19. The molecule has 0 aromatic heterocycles. The van der Waals surface area contributed by atoms with Gasteiger partial charge in [0.1, 0.15) is 12.2 Å². The van der Waals surface area contributed by atoms with E-state index in [0.717, 1.165) is 20.5 Å². The van der Waals surface area contributed by atoms with Gasteiger partial charge in [-0.3, -0.25) is 4.79 Å². The molecular weight excluding hydrogens is 340 g/mol. The lowest BCUT2D eigenvalue weighted by Crippen LogP contribution is -2.09. The molecule has 1 rings (SSSR count). The Balaban J connectivity index is 3.10. The largest absolute Gasteiger partial charge is 0.509 e. The van der Waals surface area contributed by atoms with E-state index in [4.69, 9.17) is 0 Å². The van der Waals surface area contributed by atoms with Crippen LogP contribution in [-0.2, 0) is 28.9 Å². The monoisotopic (exact) mass is 356 g/mol. The Bertz CT molecular complexity index is 780. The van der Waals surface area contributed by atoms with Crippen molar-refractivity contribution in [1.29, 1.82) is 0 Å². The average molecular weight is 356 g/mol. The minimum Gasteiger partial charge on any atom is -0.509 e. The van der Waals surface area contributed by atoms with Crippen LogP contribution in [0.5, 0.6) is 0 Å². The molecule has 0 bridgehead atoms. The summed E-state index contributed by atoms with van der Waals surface area (Å²) >= 11 is 0. The van der Waals surface area contributed by atoms with E-state index in [0.29, 0.717) is 0 Å². The topological polar surface area (TPSA) is 132 Å². The minimum atomic E-state index is -3.35. The van der Waals surface area contributed by atoms with Crippen molar-refractivity contribution in [3.8, 4) is 0 Å². The fourth-order valence-electron chi connectivity index (χ4n) is 1.47. The number of benzene rings is 1. The Labute approximate surface area is 138 Å². The van der Waals surface area contributed by atoms with Crippen LogP contribution in [0.3, 0.4) is 0 Å². The van der Waals surface area contributed by atoms with Crippen molar-refractivity contribution in [2.24, 2.45) is 10.2 Å². The zero-order valence-corrected chi connectivity index (χ0v) is 14.0. The second kappa shape index (κ2) is 8.20. The molecular formula is C14H16N2O7S. The van der Waals surface area contributed by atoms with Gasteiger partial charge >= 0.3 is 11.9 Å². The number of hydrogen-bond donors (Lipinski definition) is 1. The summed E-state index contributed by atoms with van der Waals surface area (Å²) in [5.74, 6) is -2.43. The van der Waals surface area contributed by atoms with E-state index in [-0.39, 0.29) is 10.6 Å². The van der Waals surface area contributed by atoms with Gasteiger partial charge in [0, 0.05) is 6.26 Å². The average Bonchev–Trinajstić information content (AvgIpc) is 2.54. The van der Waals surface area contributed by atoms with Crippen LogP contribution in [-0.4, -0.2) is 45.9 Å². The number of sulfone groups is 1. The second-order valence-corrected chi connectivity index (χ2v) is 6.52. The van der Waals surface area contributed by atoms with Gasteiger partial charge < -0.3 is 14.6 Å². The smallest absolute Gasteiger partial charge is 0.362 e. The van der Waals surface area contributed by atoms with Crippen LogP contribution < -0.4 is 0 Å². The molecule has 0 spiro atoms. The number of esters is 2. The van der Waals surface area contributed by atoms with E-state index in [1.807, 2.05) is 0 Å². The van der Waals surface area contributed by atoms with E-state index in [9.17, 15) is 23.1 Å². The molecule has 0 atom stereocenters. The molecule has 1 aromatic rings. The number of hydrogen-bond acceptors (Lipinski definition) is 9. The number of carbonyl (C=O) groups excluding carboxylic acids is 2. The highest BCUT2D eigenvalue weighted by molar-refractivity contribution is 7.90. The van der Waals surface area contributed by atoms with Gasteiger partial charge in [-0.1, -0.05) is 0 Å². The maximum atomic E-state index is 11.6. The summed E-state index contributed by atoms with van der Waals surface area (Å²) in [6.07, 6.45) is 0.486. The molecule has 0 aliphatic heterocycles. The number of azo groups is 1. The summed E-state index contributed by atoms with van der Waals surface area (Å²) < 4.78 is 31.6. The van der Waals surface area contributed by atoms with E-state index >= 15 is 0 Å². The first-order valence-corrected chi connectivity index (χ1v) is 8.37. The molecule has 1 N–H and O–H groups in total. The maximum absolute atomic E-state index is 11.6. The molecule has 24 heavy (non-hydrogen) atoms. The first-order chi connectivity index (χ1) is 11.2. The zero-order chi connectivity index (χ0) is 18.3. The summed E-state index contributed by atoms with van der Waals surface area (Å²) in [6.45, 7) is 0. The van der Waals surface area contributed by atoms with Gasteiger partial charge in [0.15, 0.2) is 9.84 Å². The van der Waals surface area contributed by atoms with Crippen molar-refractivity contribution in [3.63, 3.8) is 0 Å². The van der Waals surface area contributed by atoms with Gasteiger partial charge in [0.2, 0.25) is 5.70 Å². The fourth-order valence-corrected chi connectivity index (χ4v) is 2.10. The number of nitrogens with zero attached hydrogens (tertiary/aromatic N) is 2. The zero-order valence-electron chi connectivity index (χ0n) is 13.2. The van der Waals surface area contributed by atoms with Gasteiger partial charge in [-0.05, 0) is 24.3 Å². The van der Waals surface area contributed by atoms with Crippen LogP contribution in [0.1, 0.15) is 6.42 Å². The Morgan fingerprint density at radius 1 is 1.12 bits per heavy atom. The number of rotatable bonds is 6. The molecule has 130 valence electrons. The van der Waals surface area contributed by atoms with Gasteiger partial charge in [0.05, 0.1) is 24.8 Å². The van der Waals surface area contributed by atoms with Gasteiger partial charge in [-0.15, -0.1) is 5.11 Å². The number of methoxy groups -OCH3 is 2. The molecule has 0 aliphatic rings. The van der Waals surface area contributed by atoms with Crippen LogP contribution in [0, 0.1) is 0 Å². The quantitative estimate of drug-likeness (QED) is 0.355. The normalized spacial score (nSPS) is 12.6. The molecule has 0 saturated carbocycles. The lowest BCUT2D eigenvalue weighted by atomic mass is 10.3. The van der Waals surface area contributed by atoms with Crippen LogP contribution in [0.25, 0.3) is 0 Å². The van der Waals surface area contributed by atoms with E-state index in [1.165, 1.54) is 24.3 Å². The number of carbonyl (C=O) groups is 2. The molecule has 0 radical (unpaired) electrons. The third-order valence-electron chi connectivity index (χ3n) is 2.72. The van der Waals surface area contributed by atoms with Crippen molar-refractivity contribution in [2.75, 3.05) is 20.5 Å². The van der Waals surface area contributed by atoms with Crippen molar-refractivity contribution in [1.82, 2.24) is 0 Å². The van der Waals surface area contributed by atoms with Crippen LogP contribution >= 0.6 is 0 Å². The first-order valence-electron chi connectivity index (χ1n) is 6.48. The SMILES string of the molecule is COC(=O)CC(O)=C(N=Nc1ccc(S(C)(=O)=O)cc1)C(=O)OC. The molecule has 0 fully saturated rings. The summed E-state index contributed by atoms with van der Waals surface area (Å²) in [5.41, 5.74) is -0.329. The Morgan fingerprint density at radius 3 is 2.17 bits per heavy atom. The van der Waals surface area contributed by atoms with Crippen molar-refractivity contribution >= 4 is 27.5 Å². The molecule has 0 unspecified atom stereocenters. The molecule has 0 heterocycles. The van der Waals surface area contributed by atoms with Crippen LogP contribution in [0.15, 0.2) is 50.8 Å². The summed E-state index contributed by atoms with van der Waals surface area (Å²) in [4.78, 5) is 22.8. The molecule has 0 saturated heterocycles. The Kier molecular flexibility index (Phi) is 6.59. The van der Waals surface area contributed by atoms with E-state index < -0.39 is 39.7 Å². The number of aliphatic hydroxyl groups is 1. The van der Waals surface area contributed by atoms with Crippen molar-refractivity contribution in [2.45, 2.75) is 11.3 Å².